The molecule has 0 radical (unpaired) electrons. The third-order valence-corrected chi connectivity index (χ3v) is 8.35. The molecule has 3 aromatic rings. The Hall–Kier alpha value is -2.49. The topological polar surface area (TPSA) is 71.5 Å². The van der Waals surface area contributed by atoms with E-state index in [0.29, 0.717) is 18.3 Å². The molecule has 2 aliphatic rings. The van der Waals surface area contributed by atoms with Gasteiger partial charge < -0.3 is 4.74 Å². The van der Waals surface area contributed by atoms with Crippen molar-refractivity contribution in [1.29, 1.82) is 0 Å². The maximum absolute atomic E-state index is 15.1. The number of thiazole rings is 1. The number of piperidine rings is 1. The van der Waals surface area contributed by atoms with Crippen molar-refractivity contribution in [2.45, 2.75) is 36.1 Å². The van der Waals surface area contributed by atoms with Gasteiger partial charge in [-0.25, -0.2) is 17.8 Å². The number of benzene rings is 2. The van der Waals surface area contributed by atoms with Crippen molar-refractivity contribution in [2.24, 2.45) is 0 Å². The van der Waals surface area contributed by atoms with E-state index in [0.717, 1.165) is 49.3 Å². The van der Waals surface area contributed by atoms with E-state index in [-0.39, 0.29) is 11.2 Å². The lowest BCUT2D eigenvalue weighted by atomic mass is 9.88. The Morgan fingerprint density at radius 3 is 2.81 bits per heavy atom. The largest absolute Gasteiger partial charge is 0.493 e. The molecule has 1 unspecified atom stereocenters. The quantitative estimate of drug-likeness (QED) is 0.577. The molecule has 2 atom stereocenters. The van der Waals surface area contributed by atoms with E-state index in [2.05, 4.69) is 38.9 Å². The van der Waals surface area contributed by atoms with Gasteiger partial charge in [-0.1, -0.05) is 30.3 Å². The summed E-state index contributed by atoms with van der Waals surface area (Å²) in [5.41, 5.74) is 2.04. The molecule has 0 bridgehead atoms. The molecule has 0 aliphatic carbocycles. The fraction of sp³-hybridized carbons (Fsp3) is 0.348. The Bertz CT molecular complexity index is 1190. The van der Waals surface area contributed by atoms with Crippen molar-refractivity contribution in [1.82, 2.24) is 9.88 Å². The van der Waals surface area contributed by atoms with Crippen LogP contribution in [-0.2, 0) is 10.0 Å². The van der Waals surface area contributed by atoms with E-state index in [4.69, 9.17) is 4.74 Å². The Balaban J connectivity index is 1.42. The second-order valence-electron chi connectivity index (χ2n) is 8.16. The summed E-state index contributed by atoms with van der Waals surface area (Å²) in [6.07, 6.45) is 4.43. The first-order chi connectivity index (χ1) is 15.5. The predicted molar refractivity (Wildman–Crippen MR) is 122 cm³/mol. The number of sulfonamides is 1. The Kier molecular flexibility index (Phi) is 5.88. The molecule has 9 heteroatoms. The van der Waals surface area contributed by atoms with Crippen molar-refractivity contribution in [3.05, 3.63) is 71.0 Å². The minimum Gasteiger partial charge on any atom is -0.493 e. The van der Waals surface area contributed by atoms with Crippen LogP contribution in [0.1, 0.15) is 42.3 Å². The van der Waals surface area contributed by atoms with Crippen LogP contribution in [0.15, 0.2) is 58.9 Å². The van der Waals surface area contributed by atoms with E-state index in [1.54, 1.807) is 5.38 Å². The van der Waals surface area contributed by atoms with E-state index in [1.165, 1.54) is 23.9 Å². The number of halogens is 1. The van der Waals surface area contributed by atoms with Gasteiger partial charge >= 0.3 is 0 Å². The van der Waals surface area contributed by atoms with Gasteiger partial charge in [0.05, 0.1) is 6.61 Å². The summed E-state index contributed by atoms with van der Waals surface area (Å²) >= 11 is 1.13. The number of nitrogens with zero attached hydrogens (tertiary/aromatic N) is 2. The van der Waals surface area contributed by atoms with Gasteiger partial charge in [0.15, 0.2) is 5.13 Å². The normalized spacial score (nSPS) is 21.5. The monoisotopic (exact) mass is 473 g/mol. The zero-order valence-corrected chi connectivity index (χ0v) is 19.0. The highest BCUT2D eigenvalue weighted by atomic mass is 32.2. The van der Waals surface area contributed by atoms with Crippen molar-refractivity contribution in [3.8, 4) is 5.75 Å². The summed E-state index contributed by atoms with van der Waals surface area (Å²) < 4.78 is 48.7. The predicted octanol–water partition coefficient (Wildman–Crippen LogP) is 4.79. The second kappa shape index (κ2) is 8.80. The van der Waals surface area contributed by atoms with E-state index in [9.17, 15) is 8.42 Å². The maximum atomic E-state index is 15.1. The lowest BCUT2D eigenvalue weighted by Gasteiger charge is -2.41. The lowest BCUT2D eigenvalue weighted by Crippen LogP contribution is -2.39. The molecular formula is C23H24FN3O3S2. The highest BCUT2D eigenvalue weighted by Crippen LogP contribution is 2.41. The van der Waals surface area contributed by atoms with Crippen LogP contribution in [-0.4, -0.2) is 38.0 Å². The minimum absolute atomic E-state index is 0.00318. The van der Waals surface area contributed by atoms with Gasteiger partial charge in [-0.15, -0.1) is 11.3 Å². The van der Waals surface area contributed by atoms with Gasteiger partial charge in [0.1, 0.15) is 16.5 Å². The molecule has 168 valence electrons. The van der Waals surface area contributed by atoms with Crippen LogP contribution < -0.4 is 9.46 Å². The number of hydrogen-bond donors (Lipinski definition) is 1. The zero-order valence-electron chi connectivity index (χ0n) is 17.4. The maximum Gasteiger partial charge on any atom is 0.266 e. The third-order valence-electron chi connectivity index (χ3n) is 6.18. The number of nitrogens with one attached hydrogen (secondary N) is 1. The summed E-state index contributed by atoms with van der Waals surface area (Å²) in [7, 11) is -4.11. The van der Waals surface area contributed by atoms with Crippen LogP contribution in [0, 0.1) is 5.82 Å². The first-order valence-electron chi connectivity index (χ1n) is 10.7. The van der Waals surface area contributed by atoms with E-state index >= 15 is 4.39 Å². The molecule has 1 N–H and O–H groups in total. The summed E-state index contributed by atoms with van der Waals surface area (Å²) in [5, 5.41) is 1.84. The lowest BCUT2D eigenvalue weighted by molar-refractivity contribution is 0.108. The molecule has 2 aromatic carbocycles. The summed E-state index contributed by atoms with van der Waals surface area (Å²) in [6.45, 7) is 2.29. The number of aromatic nitrogens is 1. The van der Waals surface area contributed by atoms with Crippen molar-refractivity contribution in [2.75, 3.05) is 24.4 Å². The number of fused-ring (bicyclic) bond motifs is 1. The highest BCUT2D eigenvalue weighted by molar-refractivity contribution is 7.93. The molecule has 3 heterocycles. The number of rotatable bonds is 5. The highest BCUT2D eigenvalue weighted by Gasteiger charge is 2.33. The third kappa shape index (κ3) is 4.24. The summed E-state index contributed by atoms with van der Waals surface area (Å²) in [6, 6.07) is 13.1. The number of anilines is 1. The molecule has 5 rings (SSSR count). The van der Waals surface area contributed by atoms with Crippen molar-refractivity contribution >= 4 is 26.5 Å². The molecule has 6 nitrogen and oxygen atoms in total. The smallest absolute Gasteiger partial charge is 0.266 e. The molecule has 1 fully saturated rings. The van der Waals surface area contributed by atoms with Gasteiger partial charge in [0, 0.05) is 42.2 Å². The molecule has 0 spiro atoms. The number of likely N-dealkylation sites (tertiary alicyclic amines) is 1. The van der Waals surface area contributed by atoms with E-state index < -0.39 is 20.7 Å². The summed E-state index contributed by atoms with van der Waals surface area (Å²) in [4.78, 5) is 5.89. The van der Waals surface area contributed by atoms with Crippen molar-refractivity contribution < 1.29 is 17.5 Å². The van der Waals surface area contributed by atoms with Gasteiger partial charge in [0.25, 0.3) is 10.0 Å². The first-order valence-corrected chi connectivity index (χ1v) is 13.0. The van der Waals surface area contributed by atoms with Gasteiger partial charge in [0.2, 0.25) is 0 Å². The molecule has 2 aliphatic heterocycles. The minimum atomic E-state index is -4.11. The van der Waals surface area contributed by atoms with E-state index in [1.807, 2.05) is 6.07 Å². The Morgan fingerprint density at radius 1 is 1.19 bits per heavy atom. The Morgan fingerprint density at radius 2 is 2.03 bits per heavy atom. The van der Waals surface area contributed by atoms with Crippen LogP contribution >= 0.6 is 11.3 Å². The number of ether oxygens (including phenoxy) is 1. The average molecular weight is 474 g/mol. The fourth-order valence-electron chi connectivity index (χ4n) is 4.69. The fourth-order valence-corrected chi connectivity index (χ4v) is 6.55. The molecule has 32 heavy (non-hydrogen) atoms. The van der Waals surface area contributed by atoms with Crippen LogP contribution in [0.3, 0.4) is 0 Å². The average Bonchev–Trinajstić information content (AvgIpc) is 3.31. The molecule has 0 saturated carbocycles. The van der Waals surface area contributed by atoms with Crippen LogP contribution in [0.4, 0.5) is 9.52 Å². The van der Waals surface area contributed by atoms with Gasteiger partial charge in [-0.2, -0.15) is 0 Å². The Labute approximate surface area is 191 Å². The zero-order chi connectivity index (χ0) is 22.1. The van der Waals surface area contributed by atoms with Crippen LogP contribution in [0.5, 0.6) is 5.75 Å². The van der Waals surface area contributed by atoms with Crippen LogP contribution in [0.25, 0.3) is 0 Å². The molecular weight excluding hydrogens is 449 g/mol. The van der Waals surface area contributed by atoms with Crippen molar-refractivity contribution in [3.63, 3.8) is 0 Å². The number of hydrogen-bond acceptors (Lipinski definition) is 6. The molecule has 0 amide bonds. The first kappa shape index (κ1) is 21.4. The summed E-state index contributed by atoms with van der Waals surface area (Å²) in [5.74, 6) is 0.0900. The molecule has 1 saturated heterocycles. The SMILES string of the molecule is O=S(=O)(Nc1nccs1)c1cc2c(cc1F)C(N1CCC[C@@H](c3ccccc3)C1)CCO2. The van der Waals surface area contributed by atoms with Gasteiger partial charge in [-0.3, -0.25) is 9.62 Å². The second-order valence-corrected chi connectivity index (χ2v) is 10.7. The standard InChI is InChI=1S/C23H24FN3O3S2/c24-19-13-18-20(27-10-4-7-17(15-27)16-5-2-1-3-6-16)8-11-30-21(18)14-22(19)32(28,29)26-23-25-9-12-31-23/h1-3,5-6,9,12-14,17,20H,4,7-8,10-11,15H2,(H,25,26)/t17-,20?/m1/s1. The molecule has 1 aromatic heterocycles. The van der Waals surface area contributed by atoms with Gasteiger partial charge in [-0.05, 0) is 36.9 Å². The van der Waals surface area contributed by atoms with Crippen LogP contribution in [0.2, 0.25) is 0 Å².